The lowest BCUT2D eigenvalue weighted by atomic mass is 9.62. The summed E-state index contributed by atoms with van der Waals surface area (Å²) >= 11 is 0. The Hall–Kier alpha value is -0.610. The molecule has 0 amide bonds. The summed E-state index contributed by atoms with van der Waals surface area (Å²) in [4.78, 5) is 11.9. The lowest BCUT2D eigenvalue weighted by Gasteiger charge is -2.49. The molecule has 0 N–H and O–H groups in total. The van der Waals surface area contributed by atoms with Crippen molar-refractivity contribution in [2.45, 2.75) is 38.4 Å². The zero-order valence-electron chi connectivity index (χ0n) is 9.38. The zero-order chi connectivity index (χ0) is 10.9. The summed E-state index contributed by atoms with van der Waals surface area (Å²) in [6.07, 6.45) is 3.37. The number of carbonyl (C=O) groups is 1. The van der Waals surface area contributed by atoms with E-state index in [2.05, 4.69) is 0 Å². The normalized spacial score (nSPS) is 27.1. The molecule has 86 valence electrons. The highest BCUT2D eigenvalue weighted by molar-refractivity contribution is 5.79. The van der Waals surface area contributed by atoms with Crippen molar-refractivity contribution in [2.75, 3.05) is 20.3 Å². The van der Waals surface area contributed by atoms with E-state index < -0.39 is 11.2 Å². The van der Waals surface area contributed by atoms with Crippen LogP contribution in [-0.4, -0.2) is 32.1 Å². The van der Waals surface area contributed by atoms with Gasteiger partial charge in [0.1, 0.15) is 5.41 Å². The third kappa shape index (κ3) is 1.31. The molecule has 2 aliphatic rings. The molecule has 0 aromatic heterocycles. The van der Waals surface area contributed by atoms with Crippen molar-refractivity contribution < 1.29 is 19.0 Å². The van der Waals surface area contributed by atoms with Crippen LogP contribution < -0.4 is 0 Å². The van der Waals surface area contributed by atoms with E-state index in [1.165, 1.54) is 7.11 Å². The molecule has 1 saturated heterocycles. The van der Waals surface area contributed by atoms with Crippen molar-refractivity contribution >= 4 is 5.97 Å². The van der Waals surface area contributed by atoms with Crippen molar-refractivity contribution in [1.29, 1.82) is 0 Å². The second-order valence-corrected chi connectivity index (χ2v) is 4.23. The van der Waals surface area contributed by atoms with Gasteiger partial charge in [0.25, 0.3) is 0 Å². The average Bonchev–Trinajstić information content (AvgIpc) is 2.66. The van der Waals surface area contributed by atoms with Crippen LogP contribution in [0.25, 0.3) is 0 Å². The maximum atomic E-state index is 11.9. The van der Waals surface area contributed by atoms with Gasteiger partial charge in [-0.1, -0.05) is 13.3 Å². The molecule has 1 aliphatic heterocycles. The summed E-state index contributed by atoms with van der Waals surface area (Å²) in [5, 5.41) is 0. The second kappa shape index (κ2) is 3.76. The van der Waals surface area contributed by atoms with Crippen LogP contribution >= 0.6 is 0 Å². The van der Waals surface area contributed by atoms with Gasteiger partial charge in [-0.2, -0.15) is 0 Å². The van der Waals surface area contributed by atoms with E-state index in [1.807, 2.05) is 6.92 Å². The molecule has 0 bridgehead atoms. The summed E-state index contributed by atoms with van der Waals surface area (Å²) in [5.74, 6) is -0.907. The molecule has 1 aliphatic carbocycles. The van der Waals surface area contributed by atoms with E-state index in [0.29, 0.717) is 19.6 Å². The van der Waals surface area contributed by atoms with E-state index in [0.717, 1.165) is 19.3 Å². The van der Waals surface area contributed by atoms with Gasteiger partial charge in [0.2, 0.25) is 0 Å². The van der Waals surface area contributed by atoms with Crippen LogP contribution in [-0.2, 0) is 19.0 Å². The summed E-state index contributed by atoms with van der Waals surface area (Å²) in [5.41, 5.74) is -0.549. The van der Waals surface area contributed by atoms with E-state index in [-0.39, 0.29) is 5.97 Å². The number of esters is 1. The highest BCUT2D eigenvalue weighted by Gasteiger charge is 2.63. The smallest absolute Gasteiger partial charge is 0.317 e. The first-order valence-corrected chi connectivity index (χ1v) is 5.57. The lowest BCUT2D eigenvalue weighted by Crippen LogP contribution is -2.58. The molecule has 0 aromatic rings. The fraction of sp³-hybridized carbons (Fsp3) is 0.909. The Balaban J connectivity index is 2.27. The van der Waals surface area contributed by atoms with Gasteiger partial charge in [-0.25, -0.2) is 0 Å². The summed E-state index contributed by atoms with van der Waals surface area (Å²) in [6.45, 7) is 3.15. The van der Waals surface area contributed by atoms with Crippen LogP contribution in [0.1, 0.15) is 32.6 Å². The standard InChI is InChI=1S/C11H18O4/c1-3-11(14-7-8-15-11)10(5-4-6-10)9(12)13-2/h3-8H2,1-2H3. The average molecular weight is 214 g/mol. The molecular weight excluding hydrogens is 196 g/mol. The van der Waals surface area contributed by atoms with E-state index in [1.54, 1.807) is 0 Å². The van der Waals surface area contributed by atoms with Crippen LogP contribution in [0.3, 0.4) is 0 Å². The van der Waals surface area contributed by atoms with Crippen molar-refractivity contribution in [1.82, 2.24) is 0 Å². The molecule has 0 aromatic carbocycles. The molecule has 4 nitrogen and oxygen atoms in total. The maximum Gasteiger partial charge on any atom is 0.317 e. The van der Waals surface area contributed by atoms with E-state index in [9.17, 15) is 4.79 Å². The van der Waals surface area contributed by atoms with E-state index in [4.69, 9.17) is 14.2 Å². The highest BCUT2D eigenvalue weighted by atomic mass is 16.7. The van der Waals surface area contributed by atoms with Crippen LogP contribution in [0.15, 0.2) is 0 Å². The first-order chi connectivity index (χ1) is 7.21. The van der Waals surface area contributed by atoms with Crippen molar-refractivity contribution in [3.63, 3.8) is 0 Å². The van der Waals surface area contributed by atoms with Crippen LogP contribution in [0.4, 0.5) is 0 Å². The number of ether oxygens (including phenoxy) is 3. The van der Waals surface area contributed by atoms with Gasteiger partial charge < -0.3 is 14.2 Å². The Labute approximate surface area is 89.9 Å². The van der Waals surface area contributed by atoms with Crippen LogP contribution in [0.2, 0.25) is 0 Å². The Morgan fingerprint density at radius 1 is 1.33 bits per heavy atom. The van der Waals surface area contributed by atoms with Gasteiger partial charge >= 0.3 is 5.97 Å². The van der Waals surface area contributed by atoms with Gasteiger partial charge in [0.15, 0.2) is 5.79 Å². The maximum absolute atomic E-state index is 11.9. The molecule has 0 atom stereocenters. The lowest BCUT2D eigenvalue weighted by molar-refractivity contribution is -0.264. The van der Waals surface area contributed by atoms with Gasteiger partial charge in [0, 0.05) is 0 Å². The molecule has 1 heterocycles. The first-order valence-electron chi connectivity index (χ1n) is 5.57. The summed E-state index contributed by atoms with van der Waals surface area (Å²) in [7, 11) is 1.43. The fourth-order valence-electron chi connectivity index (χ4n) is 2.74. The zero-order valence-corrected chi connectivity index (χ0v) is 9.38. The predicted octanol–water partition coefficient (Wildman–Crippen LogP) is 1.48. The summed E-state index contributed by atoms with van der Waals surface area (Å²) < 4.78 is 16.3. The van der Waals surface area contributed by atoms with Gasteiger partial charge in [0.05, 0.1) is 20.3 Å². The summed E-state index contributed by atoms with van der Waals surface area (Å²) in [6, 6.07) is 0. The Morgan fingerprint density at radius 2 is 1.93 bits per heavy atom. The van der Waals surface area contributed by atoms with Crippen molar-refractivity contribution in [3.05, 3.63) is 0 Å². The number of hydrogen-bond acceptors (Lipinski definition) is 4. The van der Waals surface area contributed by atoms with Gasteiger partial charge in [-0.05, 0) is 19.3 Å². The number of methoxy groups -OCH3 is 1. The first kappa shape index (κ1) is 10.9. The topological polar surface area (TPSA) is 44.8 Å². The molecule has 4 heteroatoms. The molecular formula is C11H18O4. The van der Waals surface area contributed by atoms with Gasteiger partial charge in [-0.3, -0.25) is 4.79 Å². The van der Waals surface area contributed by atoms with E-state index >= 15 is 0 Å². The molecule has 2 fully saturated rings. The monoisotopic (exact) mass is 214 g/mol. The van der Waals surface area contributed by atoms with Crippen LogP contribution in [0, 0.1) is 5.41 Å². The quantitative estimate of drug-likeness (QED) is 0.667. The second-order valence-electron chi connectivity index (χ2n) is 4.23. The molecule has 15 heavy (non-hydrogen) atoms. The predicted molar refractivity (Wildman–Crippen MR) is 53.2 cm³/mol. The minimum atomic E-state index is -0.724. The Kier molecular flexibility index (Phi) is 2.73. The highest BCUT2D eigenvalue weighted by Crippen LogP contribution is 2.55. The number of carbonyl (C=O) groups excluding carboxylic acids is 1. The third-order valence-electron chi connectivity index (χ3n) is 3.73. The van der Waals surface area contributed by atoms with Gasteiger partial charge in [-0.15, -0.1) is 0 Å². The molecule has 0 spiro atoms. The number of rotatable bonds is 3. The van der Waals surface area contributed by atoms with Crippen molar-refractivity contribution in [3.8, 4) is 0 Å². The molecule has 2 rings (SSSR count). The third-order valence-corrected chi connectivity index (χ3v) is 3.73. The molecule has 1 saturated carbocycles. The molecule has 0 radical (unpaired) electrons. The van der Waals surface area contributed by atoms with Crippen LogP contribution in [0.5, 0.6) is 0 Å². The SMILES string of the molecule is CCC1(C2(C(=O)OC)CCC2)OCCO1. The fourth-order valence-corrected chi connectivity index (χ4v) is 2.74. The largest absolute Gasteiger partial charge is 0.468 e. The Bertz CT molecular complexity index is 251. The number of hydrogen-bond donors (Lipinski definition) is 0. The van der Waals surface area contributed by atoms with Crippen molar-refractivity contribution in [2.24, 2.45) is 5.41 Å². The molecule has 0 unspecified atom stereocenters. The minimum Gasteiger partial charge on any atom is -0.468 e. The minimum absolute atomic E-state index is 0.183. The Morgan fingerprint density at radius 3 is 2.27 bits per heavy atom.